The zero-order chi connectivity index (χ0) is 16.4. The van der Waals surface area contributed by atoms with Crippen molar-refractivity contribution in [2.75, 3.05) is 0 Å². The Morgan fingerprint density at radius 1 is 1.04 bits per heavy atom. The summed E-state index contributed by atoms with van der Waals surface area (Å²) in [6.45, 7) is 1.07. The molecule has 2 saturated carbocycles. The van der Waals surface area contributed by atoms with Crippen molar-refractivity contribution in [1.29, 1.82) is 0 Å². The van der Waals surface area contributed by atoms with E-state index in [0.717, 1.165) is 18.1 Å². The largest absolute Gasteiger partial charge is 0.265 e. The first-order chi connectivity index (χ1) is 12.4. The number of imidazole rings is 1. The van der Waals surface area contributed by atoms with Gasteiger partial charge in [0, 0.05) is 36.1 Å². The third-order valence-corrected chi connectivity index (χ3v) is 5.74. The van der Waals surface area contributed by atoms with Gasteiger partial charge in [0.15, 0.2) is 5.65 Å². The topological polar surface area (TPSA) is 48.0 Å². The summed E-state index contributed by atoms with van der Waals surface area (Å²) in [4.78, 5) is 4.49. The van der Waals surface area contributed by atoms with Gasteiger partial charge in [-0.2, -0.15) is 10.2 Å². The van der Waals surface area contributed by atoms with Crippen LogP contribution in [0.3, 0.4) is 0 Å². The Labute approximate surface area is 145 Å². The quantitative estimate of drug-likeness (QED) is 0.573. The Morgan fingerprint density at radius 3 is 2.92 bits per heavy atom. The number of hydrogen-bond acceptors (Lipinski definition) is 3. The molecule has 1 aromatic carbocycles. The average Bonchev–Trinajstić information content (AvgIpc) is 3.53. The number of benzene rings is 1. The van der Waals surface area contributed by atoms with Crippen molar-refractivity contribution in [3.8, 4) is 0 Å². The van der Waals surface area contributed by atoms with Crippen LogP contribution >= 0.6 is 0 Å². The molecule has 2 atom stereocenters. The van der Waals surface area contributed by atoms with Crippen LogP contribution < -0.4 is 0 Å². The lowest BCUT2D eigenvalue weighted by molar-refractivity contribution is 0.580. The van der Waals surface area contributed by atoms with E-state index in [-0.39, 0.29) is 0 Å². The Kier molecular flexibility index (Phi) is 2.67. The lowest BCUT2D eigenvalue weighted by Gasteiger charge is -2.06. The summed E-state index contributed by atoms with van der Waals surface area (Å²) in [7, 11) is 0. The summed E-state index contributed by atoms with van der Waals surface area (Å²) in [5, 5.41) is 10.2. The molecule has 0 bridgehead atoms. The third-order valence-electron chi connectivity index (χ3n) is 5.74. The maximum Gasteiger partial charge on any atom is 0.156 e. The van der Waals surface area contributed by atoms with Crippen LogP contribution in [0.2, 0.25) is 0 Å². The second-order valence-corrected chi connectivity index (χ2v) is 7.52. The van der Waals surface area contributed by atoms with Crippen molar-refractivity contribution in [2.24, 2.45) is 5.92 Å². The molecule has 0 aliphatic heterocycles. The van der Waals surface area contributed by atoms with Gasteiger partial charge in [0.05, 0.1) is 11.7 Å². The van der Waals surface area contributed by atoms with Crippen LogP contribution in [-0.2, 0) is 6.54 Å². The number of hydrogen-bond donors (Lipinski definition) is 0. The molecular formula is C20H19N5. The minimum atomic E-state index is 0.546. The van der Waals surface area contributed by atoms with Gasteiger partial charge < -0.3 is 0 Å². The molecule has 0 radical (unpaired) electrons. The first-order valence-corrected chi connectivity index (χ1v) is 9.10. The number of aromatic nitrogens is 5. The molecule has 2 aliphatic carbocycles. The summed E-state index contributed by atoms with van der Waals surface area (Å²) in [6.07, 6.45) is 11.5. The molecule has 0 spiro atoms. The molecule has 0 saturated heterocycles. The van der Waals surface area contributed by atoms with Gasteiger partial charge in [-0.05, 0) is 54.7 Å². The van der Waals surface area contributed by atoms with Crippen molar-refractivity contribution in [3.63, 3.8) is 0 Å². The van der Waals surface area contributed by atoms with E-state index in [4.69, 9.17) is 0 Å². The second-order valence-electron chi connectivity index (χ2n) is 7.52. The van der Waals surface area contributed by atoms with E-state index in [1.54, 1.807) is 0 Å². The smallest absolute Gasteiger partial charge is 0.156 e. The van der Waals surface area contributed by atoms with E-state index < -0.39 is 0 Å². The van der Waals surface area contributed by atoms with Gasteiger partial charge in [-0.3, -0.25) is 4.68 Å². The fraction of sp³-hybridized carbons (Fsp3) is 0.350. The van der Waals surface area contributed by atoms with Gasteiger partial charge in [-0.25, -0.2) is 9.50 Å². The molecule has 0 amide bonds. The maximum atomic E-state index is 4.60. The van der Waals surface area contributed by atoms with Crippen molar-refractivity contribution in [3.05, 3.63) is 60.2 Å². The molecule has 6 rings (SSSR count). The molecule has 0 N–H and O–H groups in total. The minimum Gasteiger partial charge on any atom is -0.265 e. The van der Waals surface area contributed by atoms with Crippen LogP contribution in [0, 0.1) is 5.92 Å². The highest BCUT2D eigenvalue weighted by molar-refractivity contribution is 5.79. The van der Waals surface area contributed by atoms with E-state index in [9.17, 15) is 0 Å². The molecule has 3 aromatic heterocycles. The van der Waals surface area contributed by atoms with E-state index in [0.29, 0.717) is 11.8 Å². The number of fused-ring (bicyclic) bond motifs is 2. The number of rotatable bonds is 4. The van der Waals surface area contributed by atoms with Gasteiger partial charge in [-0.15, -0.1) is 0 Å². The van der Waals surface area contributed by atoms with E-state index >= 15 is 0 Å². The van der Waals surface area contributed by atoms with Crippen molar-refractivity contribution in [1.82, 2.24) is 24.4 Å². The third kappa shape index (κ3) is 2.18. The summed E-state index contributed by atoms with van der Waals surface area (Å²) in [5.74, 6) is 1.97. The van der Waals surface area contributed by atoms with Crippen LogP contribution in [-0.4, -0.2) is 24.4 Å². The van der Waals surface area contributed by atoms with Crippen LogP contribution in [0.5, 0.6) is 0 Å². The highest BCUT2D eigenvalue weighted by Gasteiger charge is 2.41. The van der Waals surface area contributed by atoms with Crippen molar-refractivity contribution in [2.45, 2.75) is 37.6 Å². The highest BCUT2D eigenvalue weighted by atomic mass is 15.3. The van der Waals surface area contributed by atoms with Crippen LogP contribution in [0.4, 0.5) is 0 Å². The Bertz CT molecular complexity index is 1090. The Hall–Kier alpha value is -2.69. The SMILES string of the molecule is c1cn2nccc(C3CC3c3ccc4cnn(CC5CC5)c4c3)c2n1. The predicted octanol–water partition coefficient (Wildman–Crippen LogP) is 3.76. The Balaban J connectivity index is 1.35. The molecule has 2 fully saturated rings. The highest BCUT2D eigenvalue weighted by Crippen LogP contribution is 2.55. The first-order valence-electron chi connectivity index (χ1n) is 9.10. The van der Waals surface area contributed by atoms with Crippen LogP contribution in [0.1, 0.15) is 42.2 Å². The van der Waals surface area contributed by atoms with Crippen LogP contribution in [0.25, 0.3) is 16.6 Å². The lowest BCUT2D eigenvalue weighted by atomic mass is 10.0. The molecule has 2 aliphatic rings. The molecular weight excluding hydrogens is 310 g/mol. The predicted molar refractivity (Wildman–Crippen MR) is 95.5 cm³/mol. The molecule has 4 aromatic rings. The zero-order valence-electron chi connectivity index (χ0n) is 13.9. The maximum absolute atomic E-state index is 4.60. The van der Waals surface area contributed by atoms with Gasteiger partial charge in [-0.1, -0.05) is 12.1 Å². The van der Waals surface area contributed by atoms with Gasteiger partial charge in [0.2, 0.25) is 0 Å². The second kappa shape index (κ2) is 4.91. The van der Waals surface area contributed by atoms with E-state index in [1.165, 1.54) is 41.3 Å². The Morgan fingerprint density at radius 2 is 2.00 bits per heavy atom. The van der Waals surface area contributed by atoms with Gasteiger partial charge in [0.25, 0.3) is 0 Å². The van der Waals surface area contributed by atoms with Crippen molar-refractivity contribution >= 4 is 16.6 Å². The van der Waals surface area contributed by atoms with Gasteiger partial charge >= 0.3 is 0 Å². The molecule has 5 nitrogen and oxygen atoms in total. The van der Waals surface area contributed by atoms with E-state index in [1.807, 2.05) is 29.3 Å². The summed E-state index contributed by atoms with van der Waals surface area (Å²) in [6, 6.07) is 9.00. The van der Waals surface area contributed by atoms with Crippen LogP contribution in [0.15, 0.2) is 49.1 Å². The summed E-state index contributed by atoms with van der Waals surface area (Å²) < 4.78 is 4.08. The summed E-state index contributed by atoms with van der Waals surface area (Å²) >= 11 is 0. The van der Waals surface area contributed by atoms with Gasteiger partial charge in [0.1, 0.15) is 0 Å². The standard InChI is InChI=1S/C20H19N5/c1-2-13(1)12-25-19-9-14(3-4-15(19)11-23-25)17-10-18(17)16-5-6-22-24-8-7-21-20(16)24/h3-9,11,13,17-18H,1-2,10,12H2. The van der Waals surface area contributed by atoms with E-state index in [2.05, 4.69) is 44.1 Å². The zero-order valence-corrected chi connectivity index (χ0v) is 13.9. The van der Waals surface area contributed by atoms with Crippen molar-refractivity contribution < 1.29 is 0 Å². The number of nitrogens with zero attached hydrogens (tertiary/aromatic N) is 5. The molecule has 5 heteroatoms. The molecule has 3 heterocycles. The molecule has 2 unspecified atom stereocenters. The molecule has 124 valence electrons. The monoisotopic (exact) mass is 329 g/mol. The fourth-order valence-corrected chi connectivity index (χ4v) is 4.06. The average molecular weight is 329 g/mol. The normalized spacial score (nSPS) is 22.7. The fourth-order valence-electron chi connectivity index (χ4n) is 4.06. The first kappa shape index (κ1) is 13.6. The lowest BCUT2D eigenvalue weighted by Crippen LogP contribution is -2.01. The minimum absolute atomic E-state index is 0.546. The summed E-state index contributed by atoms with van der Waals surface area (Å²) in [5.41, 5.74) is 5.03. The molecule has 25 heavy (non-hydrogen) atoms.